The SMILES string of the molecule is COC(=O)C1(NC2CC2)CCCC(SC(C)C)C1. The molecule has 2 saturated carbocycles. The predicted molar refractivity (Wildman–Crippen MR) is 75.9 cm³/mol. The van der Waals surface area contributed by atoms with Crippen molar-refractivity contribution >= 4 is 17.7 Å². The first kappa shape index (κ1) is 14.2. The van der Waals surface area contributed by atoms with Crippen LogP contribution in [0.5, 0.6) is 0 Å². The van der Waals surface area contributed by atoms with E-state index >= 15 is 0 Å². The number of esters is 1. The molecule has 0 radical (unpaired) electrons. The zero-order valence-corrected chi connectivity index (χ0v) is 12.5. The van der Waals surface area contributed by atoms with Crippen molar-refractivity contribution in [3.8, 4) is 0 Å². The molecular weight excluding hydrogens is 246 g/mol. The lowest BCUT2D eigenvalue weighted by atomic mass is 9.81. The molecule has 0 aromatic rings. The van der Waals surface area contributed by atoms with Gasteiger partial charge in [0.1, 0.15) is 5.54 Å². The number of carbonyl (C=O) groups excluding carboxylic acids is 1. The summed E-state index contributed by atoms with van der Waals surface area (Å²) >= 11 is 2.01. The summed E-state index contributed by atoms with van der Waals surface area (Å²) in [5, 5.41) is 4.79. The first-order valence-electron chi connectivity index (χ1n) is 7.07. The molecule has 0 aromatic heterocycles. The number of nitrogens with one attached hydrogen (secondary N) is 1. The molecule has 0 heterocycles. The van der Waals surface area contributed by atoms with Crippen LogP contribution in [0.1, 0.15) is 52.4 Å². The minimum Gasteiger partial charge on any atom is -0.468 e. The molecule has 0 spiro atoms. The van der Waals surface area contributed by atoms with Crippen molar-refractivity contribution < 1.29 is 9.53 Å². The van der Waals surface area contributed by atoms with E-state index in [0.717, 1.165) is 19.3 Å². The third-order valence-electron chi connectivity index (χ3n) is 3.80. The fraction of sp³-hybridized carbons (Fsp3) is 0.929. The highest BCUT2D eigenvalue weighted by Gasteiger charge is 2.46. The Bertz CT molecular complexity index is 304. The molecule has 0 amide bonds. The molecule has 3 nitrogen and oxygen atoms in total. The Morgan fingerprint density at radius 3 is 2.67 bits per heavy atom. The summed E-state index contributed by atoms with van der Waals surface area (Å²) < 4.78 is 5.06. The van der Waals surface area contributed by atoms with Gasteiger partial charge >= 0.3 is 5.97 Å². The van der Waals surface area contributed by atoms with Crippen LogP contribution in [-0.4, -0.2) is 35.2 Å². The van der Waals surface area contributed by atoms with Crippen LogP contribution >= 0.6 is 11.8 Å². The topological polar surface area (TPSA) is 38.3 Å². The number of hydrogen-bond donors (Lipinski definition) is 1. The zero-order chi connectivity index (χ0) is 13.2. The van der Waals surface area contributed by atoms with Gasteiger partial charge in [0.25, 0.3) is 0 Å². The van der Waals surface area contributed by atoms with Gasteiger partial charge in [-0.15, -0.1) is 0 Å². The molecule has 2 unspecified atom stereocenters. The summed E-state index contributed by atoms with van der Waals surface area (Å²) in [5.74, 6) is -0.0524. The molecule has 4 heteroatoms. The van der Waals surface area contributed by atoms with Crippen LogP contribution in [0.15, 0.2) is 0 Å². The summed E-state index contributed by atoms with van der Waals surface area (Å²) in [6, 6.07) is 0.548. The van der Waals surface area contributed by atoms with E-state index in [-0.39, 0.29) is 5.97 Å². The highest BCUT2D eigenvalue weighted by atomic mass is 32.2. The van der Waals surface area contributed by atoms with E-state index in [1.807, 2.05) is 11.8 Å². The van der Waals surface area contributed by atoms with Gasteiger partial charge in [0.2, 0.25) is 0 Å². The Kier molecular flexibility index (Phi) is 4.59. The average molecular weight is 271 g/mol. The van der Waals surface area contributed by atoms with Crippen molar-refractivity contribution in [3.05, 3.63) is 0 Å². The molecule has 18 heavy (non-hydrogen) atoms. The minimum atomic E-state index is -0.402. The Morgan fingerprint density at radius 1 is 1.39 bits per heavy atom. The van der Waals surface area contributed by atoms with Gasteiger partial charge in [-0.1, -0.05) is 13.8 Å². The fourth-order valence-electron chi connectivity index (χ4n) is 2.91. The van der Waals surface area contributed by atoms with E-state index in [1.165, 1.54) is 26.4 Å². The second-order valence-electron chi connectivity index (χ2n) is 5.90. The van der Waals surface area contributed by atoms with Crippen LogP contribution in [0, 0.1) is 0 Å². The van der Waals surface area contributed by atoms with Crippen molar-refractivity contribution in [3.63, 3.8) is 0 Å². The number of thioether (sulfide) groups is 1. The molecule has 104 valence electrons. The van der Waals surface area contributed by atoms with Crippen molar-refractivity contribution in [1.29, 1.82) is 0 Å². The van der Waals surface area contributed by atoms with Gasteiger partial charge in [-0.25, -0.2) is 0 Å². The molecule has 0 aliphatic heterocycles. The van der Waals surface area contributed by atoms with Gasteiger partial charge in [0, 0.05) is 11.3 Å². The van der Waals surface area contributed by atoms with Crippen molar-refractivity contribution in [2.75, 3.05) is 7.11 Å². The third-order valence-corrected chi connectivity index (χ3v) is 5.14. The van der Waals surface area contributed by atoms with Crippen LogP contribution < -0.4 is 5.32 Å². The largest absolute Gasteiger partial charge is 0.468 e. The standard InChI is InChI=1S/C14H25NO2S/c1-10(2)18-12-5-4-8-14(9-12,13(16)17-3)15-11-6-7-11/h10-12,15H,4-9H2,1-3H3. The van der Waals surface area contributed by atoms with Crippen LogP contribution in [0.3, 0.4) is 0 Å². The van der Waals surface area contributed by atoms with E-state index in [9.17, 15) is 4.79 Å². The van der Waals surface area contributed by atoms with Crippen molar-refractivity contribution in [1.82, 2.24) is 5.32 Å². The van der Waals surface area contributed by atoms with Gasteiger partial charge in [-0.2, -0.15) is 11.8 Å². The predicted octanol–water partition coefficient (Wildman–Crippen LogP) is 2.73. The van der Waals surface area contributed by atoms with Gasteiger partial charge in [0.05, 0.1) is 7.11 Å². The molecule has 2 rings (SSSR count). The molecule has 2 aliphatic rings. The van der Waals surface area contributed by atoms with Crippen LogP contribution in [0.2, 0.25) is 0 Å². The summed E-state index contributed by atoms with van der Waals surface area (Å²) in [7, 11) is 1.51. The Labute approximate surface area is 114 Å². The summed E-state index contributed by atoms with van der Waals surface area (Å²) in [5.41, 5.74) is -0.402. The third kappa shape index (κ3) is 3.41. The lowest BCUT2D eigenvalue weighted by Gasteiger charge is -2.39. The second kappa shape index (κ2) is 5.83. The first-order valence-corrected chi connectivity index (χ1v) is 8.01. The number of ether oxygens (including phenoxy) is 1. The first-order chi connectivity index (χ1) is 8.55. The van der Waals surface area contributed by atoms with Crippen molar-refractivity contribution in [2.24, 2.45) is 0 Å². The van der Waals surface area contributed by atoms with Crippen LogP contribution in [-0.2, 0) is 9.53 Å². The molecule has 0 saturated heterocycles. The highest BCUT2D eigenvalue weighted by molar-refractivity contribution is 8.00. The normalized spacial score (nSPS) is 32.6. The molecule has 2 fully saturated rings. The smallest absolute Gasteiger partial charge is 0.326 e. The van der Waals surface area contributed by atoms with Crippen LogP contribution in [0.25, 0.3) is 0 Å². The van der Waals surface area contributed by atoms with E-state index in [2.05, 4.69) is 19.2 Å². The number of methoxy groups -OCH3 is 1. The Balaban J connectivity index is 2.04. The summed E-state index contributed by atoms with van der Waals surface area (Å²) in [6.07, 6.45) is 6.64. The molecule has 2 aliphatic carbocycles. The Morgan fingerprint density at radius 2 is 2.11 bits per heavy atom. The molecule has 2 atom stereocenters. The van der Waals surface area contributed by atoms with Gasteiger partial charge < -0.3 is 4.74 Å². The van der Waals surface area contributed by atoms with E-state index in [1.54, 1.807) is 0 Å². The van der Waals surface area contributed by atoms with E-state index < -0.39 is 5.54 Å². The average Bonchev–Trinajstić information content (AvgIpc) is 3.11. The second-order valence-corrected chi connectivity index (χ2v) is 7.78. The maximum Gasteiger partial charge on any atom is 0.326 e. The Hall–Kier alpha value is -0.220. The quantitative estimate of drug-likeness (QED) is 0.780. The molecular formula is C14H25NO2S. The van der Waals surface area contributed by atoms with E-state index in [0.29, 0.717) is 16.5 Å². The monoisotopic (exact) mass is 271 g/mol. The fourth-order valence-corrected chi connectivity index (χ4v) is 4.37. The van der Waals surface area contributed by atoms with Crippen LogP contribution in [0.4, 0.5) is 0 Å². The van der Waals surface area contributed by atoms with Gasteiger partial charge in [-0.05, 0) is 43.8 Å². The number of hydrogen-bond acceptors (Lipinski definition) is 4. The minimum absolute atomic E-state index is 0.0524. The summed E-state index contributed by atoms with van der Waals surface area (Å²) in [4.78, 5) is 12.2. The lowest BCUT2D eigenvalue weighted by molar-refractivity contribution is -0.150. The number of rotatable bonds is 5. The zero-order valence-electron chi connectivity index (χ0n) is 11.7. The van der Waals surface area contributed by atoms with Gasteiger partial charge in [-0.3, -0.25) is 10.1 Å². The van der Waals surface area contributed by atoms with E-state index in [4.69, 9.17) is 4.74 Å². The highest BCUT2D eigenvalue weighted by Crippen LogP contribution is 2.39. The maximum atomic E-state index is 12.2. The molecule has 1 N–H and O–H groups in total. The molecule has 0 bridgehead atoms. The summed E-state index contributed by atoms with van der Waals surface area (Å²) in [6.45, 7) is 4.46. The van der Waals surface area contributed by atoms with Crippen molar-refractivity contribution in [2.45, 2.75) is 74.5 Å². The maximum absolute atomic E-state index is 12.2. The number of carbonyl (C=O) groups is 1. The lowest BCUT2D eigenvalue weighted by Crippen LogP contribution is -2.56. The van der Waals surface area contributed by atoms with Gasteiger partial charge in [0.15, 0.2) is 0 Å². The molecule has 0 aromatic carbocycles.